The number of benzene rings is 1. The van der Waals surface area contributed by atoms with Crippen LogP contribution in [0.2, 0.25) is 20.2 Å². The standard InChI is InChI=1S/C7HCl4NO/c8-2-1-3(9)6-4(5(2)10)7(11)12-13-6/h1H. The first-order valence-electron chi connectivity index (χ1n) is 3.19. The van der Waals surface area contributed by atoms with Gasteiger partial charge >= 0.3 is 0 Å². The molecule has 2 rings (SSSR count). The number of fused-ring (bicyclic) bond motifs is 1. The zero-order chi connectivity index (χ0) is 9.59. The molecule has 0 radical (unpaired) electrons. The third kappa shape index (κ3) is 1.38. The van der Waals surface area contributed by atoms with Crippen molar-refractivity contribution in [2.24, 2.45) is 0 Å². The van der Waals surface area contributed by atoms with E-state index in [1.54, 1.807) is 0 Å². The van der Waals surface area contributed by atoms with Crippen LogP contribution in [0.4, 0.5) is 0 Å². The van der Waals surface area contributed by atoms with E-state index in [1.165, 1.54) is 6.07 Å². The largest absolute Gasteiger partial charge is 0.353 e. The highest BCUT2D eigenvalue weighted by Gasteiger charge is 2.16. The molecule has 0 saturated heterocycles. The Morgan fingerprint density at radius 3 is 2.46 bits per heavy atom. The van der Waals surface area contributed by atoms with Crippen molar-refractivity contribution in [3.8, 4) is 0 Å². The Morgan fingerprint density at radius 2 is 1.77 bits per heavy atom. The van der Waals surface area contributed by atoms with Crippen LogP contribution in [-0.2, 0) is 0 Å². The van der Waals surface area contributed by atoms with Crippen LogP contribution in [0.3, 0.4) is 0 Å². The Kier molecular flexibility index (Phi) is 2.32. The van der Waals surface area contributed by atoms with Gasteiger partial charge in [-0.15, -0.1) is 0 Å². The monoisotopic (exact) mass is 255 g/mol. The predicted molar refractivity (Wildman–Crippen MR) is 54.0 cm³/mol. The Hall–Kier alpha value is -0.150. The van der Waals surface area contributed by atoms with Gasteiger partial charge in [-0.3, -0.25) is 0 Å². The van der Waals surface area contributed by atoms with Gasteiger partial charge < -0.3 is 4.52 Å². The Balaban J connectivity index is 3.00. The van der Waals surface area contributed by atoms with E-state index in [-0.39, 0.29) is 5.15 Å². The first-order valence-corrected chi connectivity index (χ1v) is 4.71. The smallest absolute Gasteiger partial charge is 0.188 e. The second-order valence-corrected chi connectivity index (χ2v) is 3.88. The van der Waals surface area contributed by atoms with Gasteiger partial charge in [0.1, 0.15) is 0 Å². The molecule has 6 heteroatoms. The molecule has 1 aromatic carbocycles. The van der Waals surface area contributed by atoms with E-state index in [0.29, 0.717) is 26.0 Å². The van der Waals surface area contributed by atoms with Crippen molar-refractivity contribution in [3.63, 3.8) is 0 Å². The van der Waals surface area contributed by atoms with Crippen LogP contribution >= 0.6 is 46.4 Å². The number of halogens is 4. The minimum Gasteiger partial charge on any atom is -0.353 e. The van der Waals surface area contributed by atoms with Crippen molar-refractivity contribution in [1.29, 1.82) is 0 Å². The summed E-state index contributed by atoms with van der Waals surface area (Å²) >= 11 is 23.2. The van der Waals surface area contributed by atoms with E-state index >= 15 is 0 Å². The van der Waals surface area contributed by atoms with Gasteiger partial charge in [0.05, 0.1) is 20.5 Å². The summed E-state index contributed by atoms with van der Waals surface area (Å²) in [5, 5.41) is 5.08. The van der Waals surface area contributed by atoms with Crippen molar-refractivity contribution in [2.75, 3.05) is 0 Å². The lowest BCUT2D eigenvalue weighted by atomic mass is 10.3. The van der Waals surface area contributed by atoms with Gasteiger partial charge in [-0.25, -0.2) is 0 Å². The Bertz CT molecular complexity index is 479. The number of hydrogen-bond acceptors (Lipinski definition) is 2. The highest BCUT2D eigenvalue weighted by atomic mass is 35.5. The summed E-state index contributed by atoms with van der Waals surface area (Å²) in [6.45, 7) is 0. The molecule has 1 heterocycles. The normalized spacial score (nSPS) is 11.1. The van der Waals surface area contributed by atoms with Crippen molar-refractivity contribution in [1.82, 2.24) is 5.16 Å². The molecule has 0 aliphatic carbocycles. The van der Waals surface area contributed by atoms with Crippen LogP contribution < -0.4 is 0 Å². The summed E-state index contributed by atoms with van der Waals surface area (Å²) in [5.74, 6) is 0. The predicted octanol–water partition coefficient (Wildman–Crippen LogP) is 4.44. The molecule has 68 valence electrons. The molecule has 0 atom stereocenters. The molecular formula is C7HCl4NO. The molecule has 0 amide bonds. The second kappa shape index (κ2) is 3.21. The molecule has 1 aromatic heterocycles. The molecule has 2 aromatic rings. The zero-order valence-corrected chi connectivity index (χ0v) is 8.97. The Morgan fingerprint density at radius 1 is 1.08 bits per heavy atom. The maximum atomic E-state index is 5.87. The summed E-state index contributed by atoms with van der Waals surface area (Å²) in [7, 11) is 0. The minimum absolute atomic E-state index is 0.157. The molecule has 0 fully saturated rings. The highest BCUT2D eigenvalue weighted by Crippen LogP contribution is 2.39. The van der Waals surface area contributed by atoms with Gasteiger partial charge in [0.15, 0.2) is 10.7 Å². The van der Waals surface area contributed by atoms with E-state index in [2.05, 4.69) is 5.16 Å². The summed E-state index contributed by atoms with van der Waals surface area (Å²) in [6, 6.07) is 1.48. The SMILES string of the molecule is Clc1cc(Cl)c2onc(Cl)c2c1Cl. The molecule has 2 nitrogen and oxygen atoms in total. The van der Waals surface area contributed by atoms with Crippen LogP contribution in [0.25, 0.3) is 11.0 Å². The molecule has 0 bridgehead atoms. The first kappa shape index (κ1) is 9.41. The number of hydrogen-bond donors (Lipinski definition) is 0. The summed E-state index contributed by atoms with van der Waals surface area (Å²) in [6.07, 6.45) is 0. The van der Waals surface area contributed by atoms with Crippen LogP contribution in [0, 0.1) is 0 Å². The van der Waals surface area contributed by atoms with E-state index in [9.17, 15) is 0 Å². The first-order chi connectivity index (χ1) is 6.11. The lowest BCUT2D eigenvalue weighted by Gasteiger charge is -1.97. The lowest BCUT2D eigenvalue weighted by molar-refractivity contribution is 0.457. The molecule has 0 N–H and O–H groups in total. The zero-order valence-electron chi connectivity index (χ0n) is 5.94. The molecule has 0 aliphatic heterocycles. The fraction of sp³-hybridized carbons (Fsp3) is 0. The van der Waals surface area contributed by atoms with Gasteiger partial charge in [0, 0.05) is 0 Å². The quantitative estimate of drug-likeness (QED) is 0.652. The van der Waals surface area contributed by atoms with Gasteiger partial charge in [-0.1, -0.05) is 51.6 Å². The average molecular weight is 257 g/mol. The van der Waals surface area contributed by atoms with E-state index < -0.39 is 0 Å². The van der Waals surface area contributed by atoms with Crippen LogP contribution in [0.1, 0.15) is 0 Å². The van der Waals surface area contributed by atoms with Crippen molar-refractivity contribution < 1.29 is 4.52 Å². The fourth-order valence-electron chi connectivity index (χ4n) is 0.984. The molecule has 0 unspecified atom stereocenters. The number of nitrogens with zero attached hydrogens (tertiary/aromatic N) is 1. The van der Waals surface area contributed by atoms with Crippen LogP contribution in [0.5, 0.6) is 0 Å². The lowest BCUT2D eigenvalue weighted by Crippen LogP contribution is -1.73. The van der Waals surface area contributed by atoms with Gasteiger partial charge in [0.2, 0.25) is 0 Å². The summed E-state index contributed by atoms with van der Waals surface area (Å²) < 4.78 is 4.86. The van der Waals surface area contributed by atoms with Crippen molar-refractivity contribution >= 4 is 57.4 Å². The molecular weight excluding hydrogens is 256 g/mol. The Labute approximate surface area is 93.3 Å². The molecule has 0 spiro atoms. The second-order valence-electron chi connectivity index (χ2n) is 2.33. The third-order valence-electron chi connectivity index (χ3n) is 1.55. The van der Waals surface area contributed by atoms with Gasteiger partial charge in [-0.05, 0) is 6.07 Å². The maximum Gasteiger partial charge on any atom is 0.188 e. The van der Waals surface area contributed by atoms with Gasteiger partial charge in [0.25, 0.3) is 0 Å². The van der Waals surface area contributed by atoms with Crippen LogP contribution in [0.15, 0.2) is 10.6 Å². The molecule has 13 heavy (non-hydrogen) atoms. The minimum atomic E-state index is 0.157. The van der Waals surface area contributed by atoms with Crippen LogP contribution in [-0.4, -0.2) is 5.16 Å². The van der Waals surface area contributed by atoms with Gasteiger partial charge in [-0.2, -0.15) is 0 Å². The van der Waals surface area contributed by atoms with E-state index in [0.717, 1.165) is 0 Å². The maximum absolute atomic E-state index is 5.87. The summed E-state index contributed by atoms with van der Waals surface area (Å²) in [4.78, 5) is 0. The average Bonchev–Trinajstić information content (AvgIpc) is 2.44. The van der Waals surface area contributed by atoms with Crippen molar-refractivity contribution in [2.45, 2.75) is 0 Å². The van der Waals surface area contributed by atoms with E-state index in [1.807, 2.05) is 0 Å². The number of rotatable bonds is 0. The highest BCUT2D eigenvalue weighted by molar-refractivity contribution is 6.49. The summed E-state index contributed by atoms with van der Waals surface area (Å²) in [5.41, 5.74) is 0.348. The van der Waals surface area contributed by atoms with Crippen molar-refractivity contribution in [3.05, 3.63) is 26.3 Å². The molecule has 0 saturated carbocycles. The molecule has 0 aliphatic rings. The topological polar surface area (TPSA) is 26.0 Å². The fourth-order valence-corrected chi connectivity index (χ4v) is 1.97. The number of aromatic nitrogens is 1. The van der Waals surface area contributed by atoms with E-state index in [4.69, 9.17) is 50.9 Å². The third-order valence-corrected chi connectivity index (χ3v) is 2.88.